The Morgan fingerprint density at radius 1 is 0.452 bits per heavy atom. The van der Waals surface area contributed by atoms with Crippen LogP contribution in [-0.4, -0.2) is 14.7 Å². The Bertz CT molecular complexity index is 736. The number of rotatable bonds is 3. The van der Waals surface area contributed by atoms with E-state index >= 15 is 0 Å². The zero-order valence-electron chi connectivity index (χ0n) is 15.9. The summed E-state index contributed by atoms with van der Waals surface area (Å²) in [5.41, 5.74) is 0. The molecule has 31 heavy (non-hydrogen) atoms. The fourth-order valence-electron chi connectivity index (χ4n) is 1.85. The van der Waals surface area contributed by atoms with E-state index in [0.29, 0.717) is 0 Å². The van der Waals surface area contributed by atoms with Crippen LogP contribution < -0.4 is 45.3 Å². The van der Waals surface area contributed by atoms with Gasteiger partial charge in [0, 0.05) is 0 Å². The van der Waals surface area contributed by atoms with Gasteiger partial charge in [0.1, 0.15) is 10.6 Å². The van der Waals surface area contributed by atoms with Gasteiger partial charge in [-0.3, -0.25) is 4.89 Å². The molecule has 0 saturated heterocycles. The Morgan fingerprint density at radius 2 is 0.742 bits per heavy atom. The predicted molar refractivity (Wildman–Crippen MR) is 106 cm³/mol. The maximum absolute atomic E-state index is 10.5. The van der Waals surface area contributed by atoms with Crippen LogP contribution in [0.3, 0.4) is 0 Å². The molecule has 3 aromatic rings. The summed E-state index contributed by atoms with van der Waals surface area (Å²) in [6, 6.07) is 22.4. The molecule has 3 N–H and O–H groups in total. The Balaban J connectivity index is 0.000000429. The predicted octanol–water partition coefficient (Wildman–Crippen LogP) is -3.64. The molecule has 3 aromatic carbocycles. The summed E-state index contributed by atoms with van der Waals surface area (Å²) in [6.45, 7) is 0. The van der Waals surface area contributed by atoms with Gasteiger partial charge in [-0.15, -0.1) is 7.94 Å². The first-order valence-corrected chi connectivity index (χ1v) is 12.8. The van der Waals surface area contributed by atoms with E-state index in [1.165, 1.54) is 48.5 Å². The first kappa shape index (κ1) is 30.8. The molecule has 9 nitrogen and oxygen atoms in total. The number of hydrogen-bond donors (Lipinski definition) is 3. The maximum atomic E-state index is 10.5. The van der Waals surface area contributed by atoms with E-state index in [1.54, 1.807) is 42.5 Å². The molecule has 0 amide bonds. The van der Waals surface area contributed by atoms with Gasteiger partial charge in [0.25, 0.3) is 7.94 Å². The summed E-state index contributed by atoms with van der Waals surface area (Å²) in [5, 5.41) is -0.139. The standard InChI is InChI=1S/3C6H7O3P.La/c3*7-10(8,9)6-4-2-1-3-5-6;/h3*1-5H,(H2,7,8,9);/q;;;+3/p-3. The van der Waals surface area contributed by atoms with Gasteiger partial charge >= 0.3 is 35.6 Å². The third kappa shape index (κ3) is 13.2. The Kier molecular flexibility index (Phi) is 14.0. The van der Waals surface area contributed by atoms with Gasteiger partial charge in [0.2, 0.25) is 0 Å². The summed E-state index contributed by atoms with van der Waals surface area (Å²) in [5.74, 6) is 0. The van der Waals surface area contributed by atoms with E-state index in [4.69, 9.17) is 14.7 Å². The third-order valence-electron chi connectivity index (χ3n) is 3.25. The Morgan fingerprint density at radius 3 is 0.903 bits per heavy atom. The van der Waals surface area contributed by atoms with E-state index in [0.717, 1.165) is 0 Å². The molecule has 0 aromatic heterocycles. The fraction of sp³-hybridized carbons (Fsp3) is 0. The molecule has 0 unspecified atom stereocenters. The molecule has 0 aliphatic heterocycles. The van der Waals surface area contributed by atoms with Crippen LogP contribution in [0.15, 0.2) is 91.0 Å². The second-order valence-electron chi connectivity index (χ2n) is 5.57. The van der Waals surface area contributed by atoms with Gasteiger partial charge in [-0.25, -0.2) is 9.79 Å². The zero-order valence-corrected chi connectivity index (χ0v) is 22.2. The Hall–Kier alpha value is -0.215. The number of hydrogen-bond acceptors (Lipinski definition) is 9. The molecule has 0 saturated carbocycles. The van der Waals surface area contributed by atoms with Gasteiger partial charge in [-0.2, -0.15) is 0 Å². The second kappa shape index (κ2) is 14.1. The van der Waals surface area contributed by atoms with Crippen LogP contribution in [-0.2, 0) is 0 Å². The van der Waals surface area contributed by atoms with Gasteiger partial charge < -0.3 is 29.4 Å². The average Bonchev–Trinajstić information content (AvgIpc) is 2.69. The smallest absolute Gasteiger partial charge is 0.684 e. The third-order valence-corrected chi connectivity index (χ3v) is 6.10. The van der Waals surface area contributed by atoms with Gasteiger partial charge in [-0.05, 0) is 36.4 Å². The van der Waals surface area contributed by atoms with Crippen molar-refractivity contribution in [3.05, 3.63) is 91.0 Å². The van der Waals surface area contributed by atoms with Gasteiger partial charge in [-0.1, -0.05) is 54.6 Å². The normalized spacial score (nSPS) is 11.1. The van der Waals surface area contributed by atoms with Gasteiger partial charge in [0.05, 0.1) is 13.2 Å². The monoisotopic (exact) mass is 610 g/mol. The summed E-state index contributed by atoms with van der Waals surface area (Å²) >= 11 is 0. The zero-order chi connectivity index (χ0) is 22.8. The van der Waals surface area contributed by atoms with E-state index in [-0.39, 0.29) is 51.5 Å². The topological polar surface area (TPSA) is 199 Å². The molecule has 0 radical (unpaired) electrons. The minimum atomic E-state index is -4.52. The van der Waals surface area contributed by atoms with Crippen LogP contribution in [0.25, 0.3) is 0 Å². The molecule has 0 aliphatic rings. The van der Waals surface area contributed by atoms with Crippen molar-refractivity contribution in [1.29, 1.82) is 0 Å². The van der Waals surface area contributed by atoms with Crippen molar-refractivity contribution < 1.29 is 79.6 Å². The molecular weight excluding hydrogens is 592 g/mol. The van der Waals surface area contributed by atoms with Crippen LogP contribution in [0.5, 0.6) is 0 Å². The molecule has 0 spiro atoms. The minimum Gasteiger partial charge on any atom is -0.684 e. The van der Waals surface area contributed by atoms with Crippen LogP contribution in [0.4, 0.5) is 0 Å². The van der Waals surface area contributed by atoms with E-state index < -0.39 is 23.8 Å². The molecule has 0 bridgehead atoms. The van der Waals surface area contributed by atoms with Crippen molar-refractivity contribution in [1.82, 2.24) is 0 Å². The van der Waals surface area contributed by atoms with Crippen molar-refractivity contribution in [3.63, 3.8) is 0 Å². The quantitative estimate of drug-likeness (QED) is 0.251. The van der Waals surface area contributed by atoms with Crippen molar-refractivity contribution in [2.24, 2.45) is 0 Å². The summed E-state index contributed by atoms with van der Waals surface area (Å²) < 4.78 is 0. The molecule has 0 aliphatic carbocycles. The van der Waals surface area contributed by atoms with Crippen molar-refractivity contribution in [2.75, 3.05) is 0 Å². The van der Waals surface area contributed by atoms with Crippen LogP contribution in [0, 0.1) is 35.6 Å². The fourth-order valence-corrected chi connectivity index (χ4v) is 3.50. The SMILES string of the molecule is [La+3].[O-][P+](O)(O)c1ccccc1.[O-][P+]([O-])(O)c1ccccc1.[O-][P+]([O-])([O-])c1ccccc1. The minimum absolute atomic E-state index is 0. The van der Waals surface area contributed by atoms with Gasteiger partial charge in [0.15, 0.2) is 0 Å². The number of benzene rings is 3. The van der Waals surface area contributed by atoms with Crippen molar-refractivity contribution >= 4 is 39.7 Å². The van der Waals surface area contributed by atoms with Crippen molar-refractivity contribution in [2.45, 2.75) is 0 Å². The molecule has 0 atom stereocenters. The Labute approximate surface area is 209 Å². The van der Waals surface area contributed by atoms with E-state index in [1.807, 2.05) is 0 Å². The second-order valence-corrected chi connectivity index (χ2v) is 10.2. The molecular formula is C18H18LaO9P3. The van der Waals surface area contributed by atoms with Crippen LogP contribution in [0.1, 0.15) is 0 Å². The molecule has 162 valence electrons. The molecule has 3 rings (SSSR count). The summed E-state index contributed by atoms with van der Waals surface area (Å²) in [6.07, 6.45) is 0. The maximum Gasteiger partial charge on any atom is 3.00 e. The first-order valence-electron chi connectivity index (χ1n) is 8.10. The van der Waals surface area contributed by atoms with Crippen molar-refractivity contribution in [3.8, 4) is 0 Å². The van der Waals surface area contributed by atoms with Crippen LogP contribution in [0.2, 0.25) is 0 Å². The first-order chi connectivity index (χ1) is 13.8. The van der Waals surface area contributed by atoms with E-state index in [2.05, 4.69) is 0 Å². The molecule has 0 heterocycles. The van der Waals surface area contributed by atoms with Crippen LogP contribution >= 0.6 is 23.8 Å². The largest absolute Gasteiger partial charge is 3.00 e. The average molecular weight is 610 g/mol. The van der Waals surface area contributed by atoms with E-state index in [9.17, 15) is 29.4 Å². The molecule has 13 heteroatoms. The molecule has 0 fully saturated rings. The summed E-state index contributed by atoms with van der Waals surface area (Å²) in [4.78, 5) is 88.0. The summed E-state index contributed by atoms with van der Waals surface area (Å²) in [7, 11) is -12.8.